The van der Waals surface area contributed by atoms with Crippen LogP contribution in [-0.4, -0.2) is 50.8 Å². The summed E-state index contributed by atoms with van der Waals surface area (Å²) >= 11 is 0. The van der Waals surface area contributed by atoms with Crippen LogP contribution in [0.2, 0.25) is 0 Å². The second kappa shape index (κ2) is 8.08. The molecule has 0 spiro atoms. The molecule has 0 aromatic rings. The Morgan fingerprint density at radius 2 is 1.80 bits per heavy atom. The van der Waals surface area contributed by atoms with Crippen LogP contribution in [0.1, 0.15) is 27.7 Å². The largest absolute Gasteiger partial charge is 0.383 e. The van der Waals surface area contributed by atoms with E-state index in [1.807, 2.05) is 7.05 Å². The maximum atomic E-state index is 5.17. The van der Waals surface area contributed by atoms with Crippen LogP contribution in [0, 0.1) is 5.92 Å². The molecule has 0 aromatic carbocycles. The first-order valence-corrected chi connectivity index (χ1v) is 5.93. The molecule has 0 saturated carbocycles. The van der Waals surface area contributed by atoms with Gasteiger partial charge in [-0.3, -0.25) is 4.90 Å². The Labute approximate surface area is 95.2 Å². The van der Waals surface area contributed by atoms with Gasteiger partial charge in [0.2, 0.25) is 0 Å². The summed E-state index contributed by atoms with van der Waals surface area (Å²) in [7, 11) is 3.78. The predicted molar refractivity (Wildman–Crippen MR) is 66.3 cm³/mol. The predicted octanol–water partition coefficient (Wildman–Crippen LogP) is 1.59. The average molecular weight is 216 g/mol. The number of methoxy groups -OCH3 is 1. The molecule has 0 aliphatic heterocycles. The molecule has 92 valence electrons. The van der Waals surface area contributed by atoms with Crippen LogP contribution in [0.4, 0.5) is 0 Å². The van der Waals surface area contributed by atoms with E-state index in [1.165, 1.54) is 0 Å². The van der Waals surface area contributed by atoms with Crippen LogP contribution in [0.5, 0.6) is 0 Å². The van der Waals surface area contributed by atoms with Gasteiger partial charge in [-0.15, -0.1) is 0 Å². The van der Waals surface area contributed by atoms with E-state index in [0.29, 0.717) is 18.0 Å². The highest BCUT2D eigenvalue weighted by Gasteiger charge is 2.22. The number of hydrogen-bond acceptors (Lipinski definition) is 3. The Hall–Kier alpha value is -0.120. The van der Waals surface area contributed by atoms with Gasteiger partial charge >= 0.3 is 0 Å². The first kappa shape index (κ1) is 14.9. The zero-order chi connectivity index (χ0) is 11.8. The zero-order valence-corrected chi connectivity index (χ0v) is 11.2. The lowest BCUT2D eigenvalue weighted by molar-refractivity contribution is 0.0761. The van der Waals surface area contributed by atoms with E-state index in [1.54, 1.807) is 7.11 Å². The molecule has 0 rings (SSSR count). The van der Waals surface area contributed by atoms with Crippen molar-refractivity contribution in [1.29, 1.82) is 0 Å². The molecule has 0 radical (unpaired) electrons. The third-order valence-corrected chi connectivity index (χ3v) is 2.83. The number of likely N-dealkylation sites (N-methyl/N-ethyl adjacent to an activating group) is 1. The van der Waals surface area contributed by atoms with Crippen molar-refractivity contribution in [2.24, 2.45) is 5.92 Å². The van der Waals surface area contributed by atoms with Crippen molar-refractivity contribution in [3.8, 4) is 0 Å². The summed E-state index contributed by atoms with van der Waals surface area (Å²) in [4.78, 5) is 2.52. The average Bonchev–Trinajstić information content (AvgIpc) is 2.16. The van der Waals surface area contributed by atoms with E-state index in [4.69, 9.17) is 4.74 Å². The van der Waals surface area contributed by atoms with Crippen LogP contribution in [0.25, 0.3) is 0 Å². The first-order chi connectivity index (χ1) is 7.04. The summed E-state index contributed by atoms with van der Waals surface area (Å²) in [6, 6.07) is 1.16. The lowest BCUT2D eigenvalue weighted by Crippen LogP contribution is -2.49. The number of nitrogens with zero attached hydrogens (tertiary/aromatic N) is 1. The van der Waals surface area contributed by atoms with E-state index in [9.17, 15) is 0 Å². The van der Waals surface area contributed by atoms with Gasteiger partial charge in [0, 0.05) is 32.3 Å². The van der Waals surface area contributed by atoms with Gasteiger partial charge in [0.15, 0.2) is 0 Å². The molecule has 0 amide bonds. The quantitative estimate of drug-likeness (QED) is 0.667. The molecule has 0 bridgehead atoms. The summed E-state index contributed by atoms with van der Waals surface area (Å²) in [6.45, 7) is 11.9. The molecule has 3 nitrogen and oxygen atoms in total. The Morgan fingerprint density at radius 3 is 2.13 bits per heavy atom. The van der Waals surface area contributed by atoms with Crippen LogP contribution < -0.4 is 5.32 Å². The van der Waals surface area contributed by atoms with Gasteiger partial charge in [0.1, 0.15) is 0 Å². The van der Waals surface area contributed by atoms with E-state index < -0.39 is 0 Å². The van der Waals surface area contributed by atoms with Crippen molar-refractivity contribution in [2.45, 2.75) is 39.8 Å². The molecule has 1 unspecified atom stereocenters. The second-order valence-corrected chi connectivity index (χ2v) is 4.69. The van der Waals surface area contributed by atoms with Gasteiger partial charge in [-0.1, -0.05) is 13.8 Å². The Morgan fingerprint density at radius 1 is 1.20 bits per heavy atom. The third kappa shape index (κ3) is 5.50. The maximum Gasteiger partial charge on any atom is 0.0589 e. The van der Waals surface area contributed by atoms with E-state index in [-0.39, 0.29) is 0 Å². The monoisotopic (exact) mass is 216 g/mol. The minimum absolute atomic E-state index is 0.570. The molecule has 0 aromatic heterocycles. The molecule has 0 heterocycles. The Bertz CT molecular complexity index is 149. The van der Waals surface area contributed by atoms with Gasteiger partial charge in [-0.2, -0.15) is 0 Å². The highest BCUT2D eigenvalue weighted by Crippen LogP contribution is 2.13. The first-order valence-electron chi connectivity index (χ1n) is 5.93. The maximum absolute atomic E-state index is 5.17. The van der Waals surface area contributed by atoms with Crippen molar-refractivity contribution < 1.29 is 4.74 Å². The molecule has 0 aliphatic rings. The molecule has 1 N–H and O–H groups in total. The fourth-order valence-electron chi connectivity index (χ4n) is 1.95. The minimum Gasteiger partial charge on any atom is -0.383 e. The summed E-state index contributed by atoms with van der Waals surface area (Å²) in [5, 5.41) is 3.28. The summed E-state index contributed by atoms with van der Waals surface area (Å²) in [5.74, 6) is 0.664. The van der Waals surface area contributed by atoms with Crippen molar-refractivity contribution in [3.05, 3.63) is 0 Å². The molecular formula is C12H28N2O. The second-order valence-electron chi connectivity index (χ2n) is 4.69. The Balaban J connectivity index is 4.37. The van der Waals surface area contributed by atoms with Crippen LogP contribution >= 0.6 is 0 Å². The van der Waals surface area contributed by atoms with Crippen molar-refractivity contribution >= 4 is 0 Å². The van der Waals surface area contributed by atoms with Crippen molar-refractivity contribution in [3.63, 3.8) is 0 Å². The van der Waals surface area contributed by atoms with Crippen molar-refractivity contribution in [2.75, 3.05) is 33.9 Å². The molecule has 3 heteroatoms. The van der Waals surface area contributed by atoms with Gasteiger partial charge in [0.05, 0.1) is 6.61 Å². The van der Waals surface area contributed by atoms with Gasteiger partial charge in [-0.05, 0) is 26.8 Å². The zero-order valence-electron chi connectivity index (χ0n) is 11.2. The van der Waals surface area contributed by atoms with Gasteiger partial charge in [-0.25, -0.2) is 0 Å². The minimum atomic E-state index is 0.570. The van der Waals surface area contributed by atoms with Crippen LogP contribution in [-0.2, 0) is 4.74 Å². The van der Waals surface area contributed by atoms with Crippen molar-refractivity contribution in [1.82, 2.24) is 10.2 Å². The number of rotatable bonds is 8. The summed E-state index contributed by atoms with van der Waals surface area (Å²) in [6.07, 6.45) is 0. The number of hydrogen-bond donors (Lipinski definition) is 1. The highest BCUT2D eigenvalue weighted by atomic mass is 16.5. The summed E-state index contributed by atoms with van der Waals surface area (Å²) < 4.78 is 5.17. The highest BCUT2D eigenvalue weighted by molar-refractivity contribution is 4.79. The number of ether oxygens (including phenoxy) is 1. The smallest absolute Gasteiger partial charge is 0.0589 e. The normalized spacial score (nSPS) is 14.2. The van der Waals surface area contributed by atoms with Gasteiger partial charge in [0.25, 0.3) is 0 Å². The topological polar surface area (TPSA) is 24.5 Å². The van der Waals surface area contributed by atoms with Crippen LogP contribution in [0.15, 0.2) is 0 Å². The molecule has 0 fully saturated rings. The van der Waals surface area contributed by atoms with E-state index in [2.05, 4.69) is 37.9 Å². The third-order valence-electron chi connectivity index (χ3n) is 2.83. The van der Waals surface area contributed by atoms with Crippen LogP contribution in [0.3, 0.4) is 0 Å². The fourth-order valence-corrected chi connectivity index (χ4v) is 1.95. The number of nitrogens with one attached hydrogen (secondary N) is 1. The fraction of sp³-hybridized carbons (Fsp3) is 1.00. The molecule has 0 saturated heterocycles. The lowest BCUT2D eigenvalue weighted by Gasteiger charge is -2.37. The van der Waals surface area contributed by atoms with E-state index >= 15 is 0 Å². The van der Waals surface area contributed by atoms with E-state index in [0.717, 1.165) is 19.7 Å². The molecule has 0 aliphatic carbocycles. The molecular weight excluding hydrogens is 188 g/mol. The Kier molecular flexibility index (Phi) is 8.02. The molecule has 1 atom stereocenters. The lowest BCUT2D eigenvalue weighted by atomic mass is 10.0. The molecule has 15 heavy (non-hydrogen) atoms. The summed E-state index contributed by atoms with van der Waals surface area (Å²) in [5.41, 5.74) is 0. The standard InChI is InChI=1S/C12H28N2O/c1-10(2)12(9-13-5)14(11(3)4)7-8-15-6/h10-13H,7-9H2,1-6H3. The van der Waals surface area contributed by atoms with Gasteiger partial charge < -0.3 is 10.1 Å². The SMILES string of the molecule is CNCC(C(C)C)N(CCOC)C(C)C.